The van der Waals surface area contributed by atoms with Gasteiger partial charge in [0.15, 0.2) is 5.96 Å². The SMILES string of the molecule is CCC(CCNC(=NC)NCCCn1nc(C)cc1C)N1CCCC1=O.I. The van der Waals surface area contributed by atoms with Crippen LogP contribution in [0.5, 0.6) is 0 Å². The first kappa shape index (κ1) is 23.7. The van der Waals surface area contributed by atoms with Gasteiger partial charge in [0, 0.05) is 51.4 Å². The largest absolute Gasteiger partial charge is 0.356 e. The minimum Gasteiger partial charge on any atom is -0.356 e. The van der Waals surface area contributed by atoms with Crippen LogP contribution in [-0.4, -0.2) is 59.3 Å². The van der Waals surface area contributed by atoms with Gasteiger partial charge in [0.05, 0.1) is 5.69 Å². The molecule has 1 aromatic heterocycles. The lowest BCUT2D eigenvalue weighted by molar-refractivity contribution is -0.129. The van der Waals surface area contributed by atoms with Gasteiger partial charge in [-0.25, -0.2) is 0 Å². The number of guanidine groups is 1. The lowest BCUT2D eigenvalue weighted by atomic mass is 10.1. The molecule has 2 heterocycles. The minimum atomic E-state index is 0. The Morgan fingerprint density at radius 2 is 2.07 bits per heavy atom. The van der Waals surface area contributed by atoms with Gasteiger partial charge in [0.25, 0.3) is 0 Å². The van der Waals surface area contributed by atoms with Crippen molar-refractivity contribution in [1.82, 2.24) is 25.3 Å². The van der Waals surface area contributed by atoms with Crippen molar-refractivity contribution < 1.29 is 4.79 Å². The Labute approximate surface area is 180 Å². The van der Waals surface area contributed by atoms with Crippen molar-refractivity contribution in [3.8, 4) is 0 Å². The molecule has 1 unspecified atom stereocenters. The van der Waals surface area contributed by atoms with E-state index in [1.165, 1.54) is 5.69 Å². The number of hydrogen-bond acceptors (Lipinski definition) is 3. The normalized spacial score (nSPS) is 15.6. The molecule has 7 nitrogen and oxygen atoms in total. The fourth-order valence-electron chi connectivity index (χ4n) is 3.55. The summed E-state index contributed by atoms with van der Waals surface area (Å²) < 4.78 is 2.05. The number of aliphatic imine (C=N–C) groups is 1. The van der Waals surface area contributed by atoms with E-state index in [1.807, 2.05) is 16.5 Å². The molecule has 1 saturated heterocycles. The van der Waals surface area contributed by atoms with Crippen LogP contribution in [0.1, 0.15) is 50.4 Å². The number of hydrogen-bond donors (Lipinski definition) is 2. The van der Waals surface area contributed by atoms with Crippen molar-refractivity contribution in [2.24, 2.45) is 4.99 Å². The van der Waals surface area contributed by atoms with Crippen molar-refractivity contribution in [2.45, 2.75) is 65.5 Å². The van der Waals surface area contributed by atoms with Gasteiger partial charge in [-0.3, -0.25) is 14.5 Å². The van der Waals surface area contributed by atoms with E-state index < -0.39 is 0 Å². The van der Waals surface area contributed by atoms with E-state index in [1.54, 1.807) is 7.05 Å². The molecule has 2 N–H and O–H groups in total. The number of carbonyl (C=O) groups is 1. The minimum absolute atomic E-state index is 0. The first-order chi connectivity index (χ1) is 12.5. The third kappa shape index (κ3) is 7.31. The molecule has 27 heavy (non-hydrogen) atoms. The van der Waals surface area contributed by atoms with E-state index in [0.717, 1.165) is 63.5 Å². The summed E-state index contributed by atoms with van der Waals surface area (Å²) >= 11 is 0. The fourth-order valence-corrected chi connectivity index (χ4v) is 3.55. The van der Waals surface area contributed by atoms with E-state index in [0.29, 0.717) is 18.4 Å². The summed E-state index contributed by atoms with van der Waals surface area (Å²) in [7, 11) is 1.79. The number of rotatable bonds is 9. The highest BCUT2D eigenvalue weighted by Gasteiger charge is 2.26. The molecule has 0 saturated carbocycles. The summed E-state index contributed by atoms with van der Waals surface area (Å²) in [6.45, 7) is 9.74. The van der Waals surface area contributed by atoms with E-state index in [2.05, 4.69) is 40.6 Å². The zero-order chi connectivity index (χ0) is 18.9. The smallest absolute Gasteiger partial charge is 0.222 e. The fraction of sp³-hybridized carbons (Fsp3) is 0.737. The summed E-state index contributed by atoms with van der Waals surface area (Å²) in [4.78, 5) is 18.2. The number of aromatic nitrogens is 2. The first-order valence-electron chi connectivity index (χ1n) is 9.80. The van der Waals surface area contributed by atoms with Gasteiger partial charge >= 0.3 is 0 Å². The van der Waals surface area contributed by atoms with Crippen molar-refractivity contribution in [3.05, 3.63) is 17.5 Å². The molecule has 2 rings (SSSR count). The van der Waals surface area contributed by atoms with Crippen molar-refractivity contribution >= 4 is 35.8 Å². The molecular weight excluding hydrogens is 455 g/mol. The molecular formula is C19H35IN6O. The zero-order valence-electron chi connectivity index (χ0n) is 17.1. The van der Waals surface area contributed by atoms with Crippen LogP contribution in [0.25, 0.3) is 0 Å². The summed E-state index contributed by atoms with van der Waals surface area (Å²) in [6, 6.07) is 2.44. The van der Waals surface area contributed by atoms with Gasteiger partial charge in [-0.15, -0.1) is 24.0 Å². The lowest BCUT2D eigenvalue weighted by Gasteiger charge is -2.27. The maximum Gasteiger partial charge on any atom is 0.222 e. The van der Waals surface area contributed by atoms with Crippen LogP contribution in [0.2, 0.25) is 0 Å². The second-order valence-corrected chi connectivity index (χ2v) is 6.97. The Hall–Kier alpha value is -1.32. The molecule has 1 amide bonds. The topological polar surface area (TPSA) is 74.6 Å². The van der Waals surface area contributed by atoms with Crippen LogP contribution >= 0.6 is 24.0 Å². The predicted molar refractivity (Wildman–Crippen MR) is 121 cm³/mol. The van der Waals surface area contributed by atoms with Gasteiger partial charge in [-0.05, 0) is 45.6 Å². The summed E-state index contributed by atoms with van der Waals surface area (Å²) in [6.07, 6.45) is 4.66. The van der Waals surface area contributed by atoms with Crippen LogP contribution in [-0.2, 0) is 11.3 Å². The second kappa shape index (κ2) is 12.2. The highest BCUT2D eigenvalue weighted by atomic mass is 127. The van der Waals surface area contributed by atoms with Crippen molar-refractivity contribution in [3.63, 3.8) is 0 Å². The molecule has 0 aromatic carbocycles. The molecule has 0 spiro atoms. The summed E-state index contributed by atoms with van der Waals surface area (Å²) in [5.41, 5.74) is 2.27. The van der Waals surface area contributed by atoms with Crippen LogP contribution < -0.4 is 10.6 Å². The summed E-state index contributed by atoms with van der Waals surface area (Å²) in [5.74, 6) is 1.13. The number of nitrogens with one attached hydrogen (secondary N) is 2. The van der Waals surface area contributed by atoms with E-state index in [4.69, 9.17) is 0 Å². The Morgan fingerprint density at radius 3 is 2.63 bits per heavy atom. The number of likely N-dealkylation sites (tertiary alicyclic amines) is 1. The molecule has 0 aliphatic carbocycles. The monoisotopic (exact) mass is 490 g/mol. The average molecular weight is 490 g/mol. The van der Waals surface area contributed by atoms with Gasteiger partial charge in [-0.2, -0.15) is 5.10 Å². The van der Waals surface area contributed by atoms with Crippen LogP contribution in [0.3, 0.4) is 0 Å². The molecule has 1 atom stereocenters. The number of nitrogens with zero attached hydrogens (tertiary/aromatic N) is 4. The third-order valence-electron chi connectivity index (χ3n) is 4.96. The molecule has 8 heteroatoms. The molecule has 0 radical (unpaired) electrons. The molecule has 0 bridgehead atoms. The second-order valence-electron chi connectivity index (χ2n) is 6.97. The van der Waals surface area contributed by atoms with Gasteiger partial charge in [-0.1, -0.05) is 6.92 Å². The van der Waals surface area contributed by atoms with E-state index in [-0.39, 0.29) is 24.0 Å². The molecule has 1 fully saturated rings. The maximum absolute atomic E-state index is 11.9. The average Bonchev–Trinajstić information content (AvgIpc) is 3.18. The molecule has 1 aliphatic heterocycles. The Kier molecular flexibility index (Phi) is 10.7. The van der Waals surface area contributed by atoms with E-state index in [9.17, 15) is 4.79 Å². The molecule has 1 aliphatic rings. The summed E-state index contributed by atoms with van der Waals surface area (Å²) in [5, 5.41) is 11.2. The van der Waals surface area contributed by atoms with Crippen LogP contribution in [0.4, 0.5) is 0 Å². The molecule has 154 valence electrons. The predicted octanol–water partition coefficient (Wildman–Crippen LogP) is 2.46. The highest BCUT2D eigenvalue weighted by Crippen LogP contribution is 2.17. The van der Waals surface area contributed by atoms with Gasteiger partial charge in [0.2, 0.25) is 5.91 Å². The Morgan fingerprint density at radius 1 is 1.33 bits per heavy atom. The number of carbonyl (C=O) groups excluding carboxylic acids is 1. The van der Waals surface area contributed by atoms with E-state index >= 15 is 0 Å². The highest BCUT2D eigenvalue weighted by molar-refractivity contribution is 14.0. The van der Waals surface area contributed by atoms with Gasteiger partial charge < -0.3 is 15.5 Å². The lowest BCUT2D eigenvalue weighted by Crippen LogP contribution is -2.42. The quantitative estimate of drug-likeness (QED) is 0.242. The standard InChI is InChI=1S/C19H34N6O.HI/c1-5-17(24-12-6-8-18(24)26)9-11-22-19(20-4)21-10-7-13-25-16(3)14-15(2)23-25;/h14,17H,5-13H2,1-4H3,(H2,20,21,22);1H. The van der Waals surface area contributed by atoms with Crippen molar-refractivity contribution in [1.29, 1.82) is 0 Å². The Bertz CT molecular complexity index is 615. The maximum atomic E-state index is 11.9. The number of halogens is 1. The third-order valence-corrected chi connectivity index (χ3v) is 4.96. The zero-order valence-corrected chi connectivity index (χ0v) is 19.5. The van der Waals surface area contributed by atoms with Crippen LogP contribution in [0, 0.1) is 13.8 Å². The van der Waals surface area contributed by atoms with Crippen molar-refractivity contribution in [2.75, 3.05) is 26.7 Å². The Balaban J connectivity index is 0.00000364. The molecule has 1 aromatic rings. The first-order valence-corrected chi connectivity index (χ1v) is 9.80. The number of aryl methyl sites for hydroxylation is 3. The van der Waals surface area contributed by atoms with Gasteiger partial charge in [0.1, 0.15) is 0 Å². The number of amides is 1. The van der Waals surface area contributed by atoms with Crippen LogP contribution in [0.15, 0.2) is 11.1 Å².